The Hall–Kier alpha value is 0.620. The van der Waals surface area contributed by atoms with E-state index < -0.39 is 0 Å². The molecule has 48 valence electrons. The summed E-state index contributed by atoms with van der Waals surface area (Å²) < 4.78 is 0.213. The average molecular weight is 152 g/mol. The van der Waals surface area contributed by atoms with Crippen molar-refractivity contribution >= 4 is 23.5 Å². The fourth-order valence-electron chi connectivity index (χ4n) is 0.539. The van der Waals surface area contributed by atoms with Crippen molar-refractivity contribution in [2.45, 2.75) is 10.0 Å². The topological polar surface area (TPSA) is 40.5 Å². The van der Waals surface area contributed by atoms with Crippen LogP contribution in [-0.2, 0) is 0 Å². The first-order valence-corrected chi connectivity index (χ1v) is 4.38. The molecule has 0 saturated carbocycles. The van der Waals surface area contributed by atoms with Crippen LogP contribution < -0.4 is 0 Å². The van der Waals surface area contributed by atoms with E-state index in [1.54, 1.807) is 11.8 Å². The molecule has 1 aliphatic rings. The maximum Gasteiger partial charge on any atom is 0.109 e. The van der Waals surface area contributed by atoms with Crippen LogP contribution in [-0.4, -0.2) is 32.6 Å². The largest absolute Gasteiger partial charge is 0.394 e. The molecule has 2 N–H and O–H groups in total. The molecule has 4 heteroatoms. The van der Waals surface area contributed by atoms with E-state index in [2.05, 4.69) is 0 Å². The molecule has 2 atom stereocenters. The molecule has 2 nitrogen and oxygen atoms in total. The molecule has 1 rings (SSSR count). The second-order valence-corrected chi connectivity index (χ2v) is 4.46. The standard InChI is InChI=1S/C4H8O2S2/c5-1-4-7-2-3(6)8-4/h3-6H,1-2H2/t3-,4+/m0/s1. The lowest BCUT2D eigenvalue weighted by Crippen LogP contribution is -1.99. The number of hydrogen-bond acceptors (Lipinski definition) is 4. The minimum atomic E-state index is -0.253. The third-order valence-corrected chi connectivity index (χ3v) is 3.80. The number of rotatable bonds is 1. The van der Waals surface area contributed by atoms with Crippen molar-refractivity contribution < 1.29 is 10.2 Å². The molecule has 0 radical (unpaired) electrons. The molecule has 0 bridgehead atoms. The lowest BCUT2D eigenvalue weighted by atomic mass is 10.9. The maximum atomic E-state index is 8.86. The van der Waals surface area contributed by atoms with Gasteiger partial charge in [0.1, 0.15) is 5.44 Å². The zero-order valence-electron chi connectivity index (χ0n) is 4.28. The molecule has 0 aromatic rings. The van der Waals surface area contributed by atoms with Gasteiger partial charge in [0.2, 0.25) is 0 Å². The summed E-state index contributed by atoms with van der Waals surface area (Å²) in [5.41, 5.74) is -0.253. The monoisotopic (exact) mass is 152 g/mol. The van der Waals surface area contributed by atoms with E-state index in [0.29, 0.717) is 0 Å². The van der Waals surface area contributed by atoms with E-state index in [9.17, 15) is 0 Å². The minimum absolute atomic E-state index is 0.173. The van der Waals surface area contributed by atoms with Gasteiger partial charge in [-0.2, -0.15) is 0 Å². The van der Waals surface area contributed by atoms with Gasteiger partial charge in [0.15, 0.2) is 0 Å². The van der Waals surface area contributed by atoms with Crippen LogP contribution in [0.1, 0.15) is 0 Å². The van der Waals surface area contributed by atoms with E-state index in [0.717, 1.165) is 5.75 Å². The van der Waals surface area contributed by atoms with Crippen LogP contribution in [0, 0.1) is 0 Å². The first-order valence-electron chi connectivity index (χ1n) is 2.39. The van der Waals surface area contributed by atoms with Gasteiger partial charge in [0, 0.05) is 5.75 Å². The highest BCUT2D eigenvalue weighted by Crippen LogP contribution is 2.35. The Labute approximate surface area is 56.7 Å². The van der Waals surface area contributed by atoms with Gasteiger partial charge in [-0.25, -0.2) is 0 Å². The number of thioether (sulfide) groups is 2. The highest BCUT2D eigenvalue weighted by molar-refractivity contribution is 8.20. The summed E-state index contributed by atoms with van der Waals surface area (Å²) in [5, 5.41) is 17.4. The van der Waals surface area contributed by atoms with Crippen molar-refractivity contribution in [1.82, 2.24) is 0 Å². The average Bonchev–Trinajstić information content (AvgIpc) is 2.14. The van der Waals surface area contributed by atoms with E-state index in [-0.39, 0.29) is 16.6 Å². The number of aliphatic hydroxyl groups excluding tert-OH is 2. The third-order valence-electron chi connectivity index (χ3n) is 0.883. The van der Waals surface area contributed by atoms with Gasteiger partial charge < -0.3 is 10.2 Å². The lowest BCUT2D eigenvalue weighted by Gasteiger charge is -1.99. The van der Waals surface area contributed by atoms with Gasteiger partial charge in [-0.3, -0.25) is 0 Å². The van der Waals surface area contributed by atoms with E-state index in [4.69, 9.17) is 10.2 Å². The summed E-state index contributed by atoms with van der Waals surface area (Å²) in [6.07, 6.45) is 0. The Morgan fingerprint density at radius 2 is 2.38 bits per heavy atom. The van der Waals surface area contributed by atoms with Crippen LogP contribution in [0.3, 0.4) is 0 Å². The van der Waals surface area contributed by atoms with Crippen molar-refractivity contribution in [2.24, 2.45) is 0 Å². The van der Waals surface area contributed by atoms with Gasteiger partial charge in [-0.15, -0.1) is 23.5 Å². The molecule has 8 heavy (non-hydrogen) atoms. The summed E-state index contributed by atoms with van der Waals surface area (Å²) in [5.74, 6) is 0.760. The molecule has 1 saturated heterocycles. The summed E-state index contributed by atoms with van der Waals surface area (Å²) in [4.78, 5) is 0. The van der Waals surface area contributed by atoms with Crippen LogP contribution in [0.4, 0.5) is 0 Å². The Bertz CT molecular complexity index is 78.4. The Balaban J connectivity index is 2.22. The van der Waals surface area contributed by atoms with Gasteiger partial charge in [0.25, 0.3) is 0 Å². The van der Waals surface area contributed by atoms with Gasteiger partial charge in [0.05, 0.1) is 11.2 Å². The van der Waals surface area contributed by atoms with E-state index in [1.165, 1.54) is 11.8 Å². The molecule has 0 unspecified atom stereocenters. The molecule has 0 aromatic carbocycles. The van der Waals surface area contributed by atoms with Crippen LogP contribution in [0.25, 0.3) is 0 Å². The molecule has 0 amide bonds. The fourth-order valence-corrected chi connectivity index (χ4v) is 2.95. The first kappa shape index (κ1) is 6.74. The molecule has 0 spiro atoms. The van der Waals surface area contributed by atoms with Crippen LogP contribution in [0.5, 0.6) is 0 Å². The van der Waals surface area contributed by atoms with Crippen molar-refractivity contribution in [3.8, 4) is 0 Å². The normalized spacial score (nSPS) is 38.2. The van der Waals surface area contributed by atoms with Crippen LogP contribution >= 0.6 is 23.5 Å². The minimum Gasteiger partial charge on any atom is -0.394 e. The Morgan fingerprint density at radius 1 is 1.62 bits per heavy atom. The molecule has 1 heterocycles. The van der Waals surface area contributed by atoms with Gasteiger partial charge in [-0.05, 0) is 0 Å². The van der Waals surface area contributed by atoms with Crippen molar-refractivity contribution in [3.63, 3.8) is 0 Å². The van der Waals surface area contributed by atoms with Crippen molar-refractivity contribution in [2.75, 3.05) is 12.4 Å². The summed E-state index contributed by atoms with van der Waals surface area (Å²) >= 11 is 3.05. The van der Waals surface area contributed by atoms with Crippen molar-refractivity contribution in [1.29, 1.82) is 0 Å². The zero-order chi connectivity index (χ0) is 5.98. The maximum absolute atomic E-state index is 8.86. The molecule has 1 fully saturated rings. The highest BCUT2D eigenvalue weighted by Gasteiger charge is 2.22. The highest BCUT2D eigenvalue weighted by atomic mass is 32.2. The fraction of sp³-hybridized carbons (Fsp3) is 1.00. The predicted octanol–water partition coefficient (Wildman–Crippen LogP) is 0.103. The Kier molecular flexibility index (Phi) is 2.49. The summed E-state index contributed by atoms with van der Waals surface area (Å²) in [6, 6.07) is 0. The number of aliphatic hydroxyl groups is 2. The lowest BCUT2D eigenvalue weighted by molar-refractivity contribution is 0.288. The van der Waals surface area contributed by atoms with Crippen LogP contribution in [0.2, 0.25) is 0 Å². The van der Waals surface area contributed by atoms with E-state index >= 15 is 0 Å². The third kappa shape index (κ3) is 1.55. The second kappa shape index (κ2) is 2.96. The quantitative estimate of drug-likeness (QED) is 0.559. The smallest absolute Gasteiger partial charge is 0.109 e. The van der Waals surface area contributed by atoms with Crippen molar-refractivity contribution in [3.05, 3.63) is 0 Å². The van der Waals surface area contributed by atoms with Gasteiger partial charge in [-0.1, -0.05) is 0 Å². The van der Waals surface area contributed by atoms with Gasteiger partial charge >= 0.3 is 0 Å². The second-order valence-electron chi connectivity index (χ2n) is 1.54. The predicted molar refractivity (Wildman–Crippen MR) is 36.9 cm³/mol. The first-order chi connectivity index (χ1) is 3.83. The molecular weight excluding hydrogens is 144 g/mol. The number of hydrogen-bond donors (Lipinski definition) is 2. The summed E-state index contributed by atoms with van der Waals surface area (Å²) in [6.45, 7) is 0.173. The summed E-state index contributed by atoms with van der Waals surface area (Å²) in [7, 11) is 0. The SMILES string of the molecule is OC[C@@H]1SC[C@@H](O)S1. The molecule has 0 aliphatic carbocycles. The van der Waals surface area contributed by atoms with Crippen LogP contribution in [0.15, 0.2) is 0 Å². The molecule has 0 aromatic heterocycles. The molecule has 1 aliphatic heterocycles. The van der Waals surface area contributed by atoms with E-state index in [1.807, 2.05) is 0 Å². The Morgan fingerprint density at radius 3 is 2.62 bits per heavy atom. The zero-order valence-corrected chi connectivity index (χ0v) is 5.91. The molecular formula is C4H8O2S2.